The Kier molecular flexibility index (Phi) is 5.77. The highest BCUT2D eigenvalue weighted by Crippen LogP contribution is 2.37. The van der Waals surface area contributed by atoms with E-state index in [4.69, 9.17) is 11.6 Å². The highest BCUT2D eigenvalue weighted by Gasteiger charge is 2.25. The predicted octanol–water partition coefficient (Wildman–Crippen LogP) is 4.40. The molecule has 3 atom stereocenters. The van der Waals surface area contributed by atoms with E-state index >= 15 is 0 Å². The number of phenols is 1. The first-order valence-electron chi connectivity index (χ1n) is 8.58. The Bertz CT molecular complexity index is 676. The Balaban J connectivity index is 1.57. The van der Waals surface area contributed by atoms with Crippen LogP contribution in [-0.2, 0) is 0 Å². The molecule has 2 aromatic carbocycles. The molecule has 1 aliphatic rings. The first kappa shape index (κ1) is 17.3. The molecule has 2 unspecified atom stereocenters. The standard InChI is InChI=1S/C20H24ClNO2/c21-16-7-3-6-15(11-16)20(24)13-22-17-8-4-5-14(12-17)18-9-1-2-10-19(18)23/h1-3,6-7,9-11,14,17,20,22-24H,4-5,8,12-13H2/t14?,17?,20-/m0/s1. The number of halogens is 1. The topological polar surface area (TPSA) is 52.5 Å². The molecule has 0 spiro atoms. The van der Waals surface area contributed by atoms with Crippen molar-refractivity contribution in [2.75, 3.05) is 6.54 Å². The third-order valence-electron chi connectivity index (χ3n) is 4.88. The molecular weight excluding hydrogens is 322 g/mol. The van der Waals surface area contributed by atoms with Crippen LogP contribution in [-0.4, -0.2) is 22.8 Å². The van der Waals surface area contributed by atoms with Gasteiger partial charge in [0.05, 0.1) is 6.10 Å². The summed E-state index contributed by atoms with van der Waals surface area (Å²) in [5.74, 6) is 0.767. The van der Waals surface area contributed by atoms with Gasteiger partial charge in [-0.3, -0.25) is 0 Å². The molecule has 24 heavy (non-hydrogen) atoms. The van der Waals surface area contributed by atoms with Gasteiger partial charge in [0.25, 0.3) is 0 Å². The lowest BCUT2D eigenvalue weighted by Gasteiger charge is -2.31. The van der Waals surface area contributed by atoms with Crippen LogP contribution in [0.25, 0.3) is 0 Å². The maximum absolute atomic E-state index is 10.3. The lowest BCUT2D eigenvalue weighted by atomic mass is 9.81. The van der Waals surface area contributed by atoms with E-state index in [2.05, 4.69) is 5.32 Å². The highest BCUT2D eigenvalue weighted by atomic mass is 35.5. The minimum Gasteiger partial charge on any atom is -0.508 e. The zero-order chi connectivity index (χ0) is 16.9. The van der Waals surface area contributed by atoms with Gasteiger partial charge in [0.2, 0.25) is 0 Å². The smallest absolute Gasteiger partial charge is 0.119 e. The van der Waals surface area contributed by atoms with Gasteiger partial charge < -0.3 is 15.5 Å². The maximum Gasteiger partial charge on any atom is 0.119 e. The maximum atomic E-state index is 10.3. The zero-order valence-corrected chi connectivity index (χ0v) is 14.4. The number of aromatic hydroxyl groups is 1. The fraction of sp³-hybridized carbons (Fsp3) is 0.400. The van der Waals surface area contributed by atoms with Crippen molar-refractivity contribution in [1.82, 2.24) is 5.32 Å². The largest absolute Gasteiger partial charge is 0.508 e. The molecule has 0 heterocycles. The van der Waals surface area contributed by atoms with Crippen molar-refractivity contribution < 1.29 is 10.2 Å². The molecule has 0 aromatic heterocycles. The van der Waals surface area contributed by atoms with Crippen molar-refractivity contribution in [2.24, 2.45) is 0 Å². The van der Waals surface area contributed by atoms with Gasteiger partial charge in [0, 0.05) is 17.6 Å². The molecule has 1 aliphatic carbocycles. The first-order valence-corrected chi connectivity index (χ1v) is 8.96. The number of rotatable bonds is 5. The monoisotopic (exact) mass is 345 g/mol. The Labute approximate surface area is 148 Å². The van der Waals surface area contributed by atoms with Crippen LogP contribution in [0.4, 0.5) is 0 Å². The second-order valence-electron chi connectivity index (χ2n) is 6.60. The van der Waals surface area contributed by atoms with E-state index in [9.17, 15) is 10.2 Å². The first-order chi connectivity index (χ1) is 11.6. The molecule has 4 heteroatoms. The number of para-hydroxylation sites is 1. The van der Waals surface area contributed by atoms with Crippen LogP contribution in [0.3, 0.4) is 0 Å². The number of hydrogen-bond donors (Lipinski definition) is 3. The van der Waals surface area contributed by atoms with Gasteiger partial charge >= 0.3 is 0 Å². The fourth-order valence-corrected chi connectivity index (χ4v) is 3.80. The molecule has 0 aliphatic heterocycles. The lowest BCUT2D eigenvalue weighted by molar-refractivity contribution is 0.164. The summed E-state index contributed by atoms with van der Waals surface area (Å²) in [6.07, 6.45) is 3.76. The van der Waals surface area contributed by atoms with E-state index in [1.54, 1.807) is 12.1 Å². The Morgan fingerprint density at radius 1 is 1.12 bits per heavy atom. The van der Waals surface area contributed by atoms with Gasteiger partial charge in [-0.2, -0.15) is 0 Å². The second kappa shape index (κ2) is 8.02. The summed E-state index contributed by atoms with van der Waals surface area (Å²) < 4.78 is 0. The fourth-order valence-electron chi connectivity index (χ4n) is 3.60. The van der Waals surface area contributed by atoms with E-state index in [0.29, 0.717) is 29.3 Å². The van der Waals surface area contributed by atoms with Crippen LogP contribution in [0.1, 0.15) is 48.8 Å². The Hall–Kier alpha value is -1.55. The van der Waals surface area contributed by atoms with Crippen molar-refractivity contribution >= 4 is 11.6 Å². The number of aliphatic hydroxyl groups is 1. The molecule has 3 rings (SSSR count). The quantitative estimate of drug-likeness (QED) is 0.753. The van der Waals surface area contributed by atoms with Crippen LogP contribution in [0.5, 0.6) is 5.75 Å². The average molecular weight is 346 g/mol. The third-order valence-corrected chi connectivity index (χ3v) is 5.12. The minimum atomic E-state index is -0.561. The normalized spacial score (nSPS) is 22.2. The summed E-state index contributed by atoms with van der Waals surface area (Å²) in [5, 5.41) is 24.5. The molecule has 128 valence electrons. The van der Waals surface area contributed by atoms with E-state index in [1.165, 1.54) is 0 Å². The average Bonchev–Trinajstić information content (AvgIpc) is 2.60. The van der Waals surface area contributed by atoms with Crippen molar-refractivity contribution in [3.05, 3.63) is 64.7 Å². The summed E-state index contributed by atoms with van der Waals surface area (Å²) >= 11 is 5.98. The molecular formula is C20H24ClNO2. The molecule has 0 amide bonds. The van der Waals surface area contributed by atoms with Gasteiger partial charge in [-0.05, 0) is 54.5 Å². The minimum absolute atomic E-state index is 0.359. The lowest BCUT2D eigenvalue weighted by Crippen LogP contribution is -2.36. The van der Waals surface area contributed by atoms with Crippen molar-refractivity contribution in [1.29, 1.82) is 0 Å². The zero-order valence-electron chi connectivity index (χ0n) is 13.7. The molecule has 0 saturated heterocycles. The van der Waals surface area contributed by atoms with Gasteiger partial charge in [-0.15, -0.1) is 0 Å². The van der Waals surface area contributed by atoms with Crippen LogP contribution in [0.2, 0.25) is 5.02 Å². The van der Waals surface area contributed by atoms with Gasteiger partial charge in [-0.1, -0.05) is 48.4 Å². The summed E-state index contributed by atoms with van der Waals surface area (Å²) in [6, 6.07) is 15.3. The van der Waals surface area contributed by atoms with E-state index in [-0.39, 0.29) is 0 Å². The second-order valence-corrected chi connectivity index (χ2v) is 7.03. The Morgan fingerprint density at radius 2 is 1.96 bits per heavy atom. The number of nitrogens with one attached hydrogen (secondary N) is 1. The van der Waals surface area contributed by atoms with Crippen LogP contribution in [0.15, 0.2) is 48.5 Å². The van der Waals surface area contributed by atoms with Gasteiger partial charge in [-0.25, -0.2) is 0 Å². The third kappa shape index (κ3) is 4.29. The van der Waals surface area contributed by atoms with Crippen molar-refractivity contribution in [3.8, 4) is 5.75 Å². The van der Waals surface area contributed by atoms with E-state index in [0.717, 1.165) is 36.8 Å². The molecule has 3 nitrogen and oxygen atoms in total. The highest BCUT2D eigenvalue weighted by molar-refractivity contribution is 6.30. The molecule has 1 saturated carbocycles. The summed E-state index contributed by atoms with van der Waals surface area (Å²) in [4.78, 5) is 0. The van der Waals surface area contributed by atoms with Crippen LogP contribution < -0.4 is 5.32 Å². The Morgan fingerprint density at radius 3 is 2.75 bits per heavy atom. The number of benzene rings is 2. The SMILES string of the molecule is Oc1ccccc1C1CCCC(NC[C@H](O)c2cccc(Cl)c2)C1. The summed E-state index contributed by atoms with van der Waals surface area (Å²) in [5.41, 5.74) is 1.88. The molecule has 3 N–H and O–H groups in total. The predicted molar refractivity (Wildman–Crippen MR) is 97.5 cm³/mol. The van der Waals surface area contributed by atoms with Crippen molar-refractivity contribution in [3.63, 3.8) is 0 Å². The number of aliphatic hydroxyl groups excluding tert-OH is 1. The van der Waals surface area contributed by atoms with E-state index in [1.807, 2.05) is 36.4 Å². The number of hydrogen-bond acceptors (Lipinski definition) is 3. The molecule has 0 bridgehead atoms. The van der Waals surface area contributed by atoms with Crippen LogP contribution in [0, 0.1) is 0 Å². The molecule has 0 radical (unpaired) electrons. The molecule has 1 fully saturated rings. The van der Waals surface area contributed by atoms with E-state index < -0.39 is 6.10 Å². The van der Waals surface area contributed by atoms with Gasteiger partial charge in [0.1, 0.15) is 5.75 Å². The number of phenolic OH excluding ortho intramolecular Hbond substituents is 1. The van der Waals surface area contributed by atoms with Crippen LogP contribution >= 0.6 is 11.6 Å². The summed E-state index contributed by atoms with van der Waals surface area (Å²) in [7, 11) is 0. The van der Waals surface area contributed by atoms with Crippen molar-refractivity contribution in [2.45, 2.75) is 43.7 Å². The molecule has 2 aromatic rings. The van der Waals surface area contributed by atoms with Gasteiger partial charge in [0.15, 0.2) is 0 Å². The summed E-state index contributed by atoms with van der Waals surface area (Å²) in [6.45, 7) is 0.512.